The minimum atomic E-state index is -0.724. The van der Waals surface area contributed by atoms with Gasteiger partial charge in [-0.1, -0.05) is 17.7 Å². The van der Waals surface area contributed by atoms with Crippen molar-refractivity contribution in [2.45, 2.75) is 25.2 Å². The summed E-state index contributed by atoms with van der Waals surface area (Å²) in [6, 6.07) is 5.73. The summed E-state index contributed by atoms with van der Waals surface area (Å²) in [4.78, 5) is 10.6. The number of carboxylic acids is 1. The Morgan fingerprint density at radius 3 is 3.07 bits per heavy atom. The number of benzene rings is 1. The zero-order valence-corrected chi connectivity index (χ0v) is 8.42. The van der Waals surface area contributed by atoms with E-state index < -0.39 is 5.97 Å². The molecule has 0 spiro atoms. The lowest BCUT2D eigenvalue weighted by molar-refractivity contribution is -0.137. The van der Waals surface area contributed by atoms with E-state index in [-0.39, 0.29) is 12.3 Å². The lowest BCUT2D eigenvalue weighted by Gasteiger charge is -2.07. The van der Waals surface area contributed by atoms with E-state index in [1.54, 1.807) is 0 Å². The molecule has 1 aromatic rings. The van der Waals surface area contributed by atoms with Crippen molar-refractivity contribution in [3.8, 4) is 0 Å². The van der Waals surface area contributed by atoms with E-state index in [0.29, 0.717) is 0 Å². The Morgan fingerprint density at radius 2 is 2.36 bits per heavy atom. The molecule has 0 amide bonds. The van der Waals surface area contributed by atoms with E-state index in [4.69, 9.17) is 16.7 Å². The van der Waals surface area contributed by atoms with Crippen molar-refractivity contribution in [1.82, 2.24) is 0 Å². The van der Waals surface area contributed by atoms with Gasteiger partial charge in [0.25, 0.3) is 0 Å². The number of carboxylic acid groups (broad SMARTS) is 1. The third-order valence-electron chi connectivity index (χ3n) is 2.73. The normalized spacial score (nSPS) is 19.4. The molecule has 14 heavy (non-hydrogen) atoms. The molecule has 2 nitrogen and oxygen atoms in total. The maximum atomic E-state index is 10.6. The first-order valence-electron chi connectivity index (χ1n) is 4.67. The van der Waals surface area contributed by atoms with Gasteiger partial charge < -0.3 is 5.11 Å². The molecule has 1 unspecified atom stereocenters. The highest BCUT2D eigenvalue weighted by Crippen LogP contribution is 2.36. The van der Waals surface area contributed by atoms with Gasteiger partial charge in [0.2, 0.25) is 0 Å². The van der Waals surface area contributed by atoms with Gasteiger partial charge in [-0.25, -0.2) is 0 Å². The Hall–Kier alpha value is -1.02. The van der Waals surface area contributed by atoms with Gasteiger partial charge in [0.05, 0.1) is 6.42 Å². The van der Waals surface area contributed by atoms with Gasteiger partial charge in [-0.05, 0) is 42.0 Å². The van der Waals surface area contributed by atoms with Gasteiger partial charge in [-0.2, -0.15) is 0 Å². The monoisotopic (exact) mass is 210 g/mol. The molecule has 0 saturated heterocycles. The van der Waals surface area contributed by atoms with Crippen LogP contribution >= 0.6 is 11.6 Å². The standard InChI is InChI=1S/C11H11ClO2/c12-9-3-4-10-7(5-9)1-2-8(10)6-11(13)14/h3-5,8H,1-2,6H2,(H,13,14). The summed E-state index contributed by atoms with van der Waals surface area (Å²) in [5, 5.41) is 9.46. The number of hydrogen-bond acceptors (Lipinski definition) is 1. The van der Waals surface area contributed by atoms with Crippen LogP contribution in [0.4, 0.5) is 0 Å². The van der Waals surface area contributed by atoms with Crippen LogP contribution in [0.2, 0.25) is 5.02 Å². The number of hydrogen-bond donors (Lipinski definition) is 1. The fourth-order valence-corrected chi connectivity index (χ4v) is 2.29. The maximum absolute atomic E-state index is 10.6. The summed E-state index contributed by atoms with van der Waals surface area (Å²) in [5.74, 6) is -0.544. The second kappa shape index (κ2) is 3.62. The molecule has 1 aliphatic carbocycles. The minimum Gasteiger partial charge on any atom is -0.481 e. The molecule has 0 bridgehead atoms. The lowest BCUT2D eigenvalue weighted by Crippen LogP contribution is -2.02. The largest absolute Gasteiger partial charge is 0.481 e. The van der Waals surface area contributed by atoms with E-state index in [1.807, 2.05) is 18.2 Å². The van der Waals surface area contributed by atoms with Gasteiger partial charge in [0.1, 0.15) is 0 Å². The van der Waals surface area contributed by atoms with E-state index >= 15 is 0 Å². The average Bonchev–Trinajstić information content (AvgIpc) is 2.47. The second-order valence-corrected chi connectivity index (χ2v) is 4.11. The lowest BCUT2D eigenvalue weighted by atomic mass is 9.98. The number of halogens is 1. The van der Waals surface area contributed by atoms with E-state index in [2.05, 4.69) is 0 Å². The van der Waals surface area contributed by atoms with Gasteiger partial charge in [-0.15, -0.1) is 0 Å². The van der Waals surface area contributed by atoms with Crippen LogP contribution in [0.15, 0.2) is 18.2 Å². The highest BCUT2D eigenvalue weighted by atomic mass is 35.5. The van der Waals surface area contributed by atoms with Crippen LogP contribution in [0.5, 0.6) is 0 Å². The summed E-state index contributed by atoms with van der Waals surface area (Å²) in [6.07, 6.45) is 2.12. The number of rotatable bonds is 2. The van der Waals surface area contributed by atoms with E-state index in [0.717, 1.165) is 23.4 Å². The van der Waals surface area contributed by atoms with E-state index in [9.17, 15) is 4.79 Å². The number of fused-ring (bicyclic) bond motifs is 1. The fraction of sp³-hybridized carbons (Fsp3) is 0.364. The second-order valence-electron chi connectivity index (χ2n) is 3.68. The molecule has 0 aromatic heterocycles. The van der Waals surface area contributed by atoms with Crippen LogP contribution in [0.1, 0.15) is 29.9 Å². The molecule has 1 atom stereocenters. The Morgan fingerprint density at radius 1 is 1.57 bits per heavy atom. The summed E-state index contributed by atoms with van der Waals surface area (Å²) in [7, 11) is 0. The van der Waals surface area contributed by atoms with Crippen LogP contribution in [-0.4, -0.2) is 11.1 Å². The summed E-state index contributed by atoms with van der Waals surface area (Å²) >= 11 is 5.86. The fourth-order valence-electron chi connectivity index (χ4n) is 2.10. The topological polar surface area (TPSA) is 37.3 Å². The predicted molar refractivity (Wildman–Crippen MR) is 54.8 cm³/mol. The SMILES string of the molecule is O=C(O)CC1CCc2cc(Cl)ccc21. The molecule has 0 fully saturated rings. The Bertz CT molecular complexity index is 374. The Labute approximate surface area is 87.5 Å². The molecule has 0 heterocycles. The van der Waals surface area contributed by atoms with Crippen LogP contribution in [-0.2, 0) is 11.2 Å². The summed E-state index contributed by atoms with van der Waals surface area (Å²) in [5.41, 5.74) is 2.38. The smallest absolute Gasteiger partial charge is 0.303 e. The first kappa shape index (κ1) is 9.53. The zero-order valence-electron chi connectivity index (χ0n) is 7.66. The van der Waals surface area contributed by atoms with Crippen LogP contribution in [0.3, 0.4) is 0 Å². The van der Waals surface area contributed by atoms with Crippen molar-refractivity contribution >= 4 is 17.6 Å². The number of aryl methyl sites for hydroxylation is 1. The molecule has 1 aromatic carbocycles. The number of carbonyl (C=O) groups is 1. The molecule has 2 rings (SSSR count). The van der Waals surface area contributed by atoms with Gasteiger partial charge >= 0.3 is 5.97 Å². The first-order valence-corrected chi connectivity index (χ1v) is 5.04. The molecule has 0 radical (unpaired) electrons. The molecule has 0 aliphatic heterocycles. The number of aliphatic carboxylic acids is 1. The van der Waals surface area contributed by atoms with Crippen molar-refractivity contribution in [1.29, 1.82) is 0 Å². The van der Waals surface area contributed by atoms with Crippen LogP contribution < -0.4 is 0 Å². The van der Waals surface area contributed by atoms with Crippen LogP contribution in [0, 0.1) is 0 Å². The highest BCUT2D eigenvalue weighted by molar-refractivity contribution is 6.30. The molecule has 3 heteroatoms. The van der Waals surface area contributed by atoms with Crippen molar-refractivity contribution < 1.29 is 9.90 Å². The average molecular weight is 211 g/mol. The maximum Gasteiger partial charge on any atom is 0.303 e. The molecular formula is C11H11ClO2. The van der Waals surface area contributed by atoms with Crippen molar-refractivity contribution in [2.75, 3.05) is 0 Å². The van der Waals surface area contributed by atoms with Crippen molar-refractivity contribution in [3.63, 3.8) is 0 Å². The van der Waals surface area contributed by atoms with Crippen LogP contribution in [0.25, 0.3) is 0 Å². The third-order valence-corrected chi connectivity index (χ3v) is 2.96. The van der Waals surface area contributed by atoms with E-state index in [1.165, 1.54) is 5.56 Å². The molecule has 0 saturated carbocycles. The minimum absolute atomic E-state index is 0.180. The van der Waals surface area contributed by atoms with Crippen molar-refractivity contribution in [2.24, 2.45) is 0 Å². The first-order chi connectivity index (χ1) is 6.66. The third kappa shape index (κ3) is 1.75. The zero-order chi connectivity index (χ0) is 10.1. The Balaban J connectivity index is 2.26. The van der Waals surface area contributed by atoms with Gasteiger partial charge in [0.15, 0.2) is 0 Å². The van der Waals surface area contributed by atoms with Crippen molar-refractivity contribution in [3.05, 3.63) is 34.3 Å². The molecule has 1 N–H and O–H groups in total. The molecule has 74 valence electrons. The molecular weight excluding hydrogens is 200 g/mol. The summed E-state index contributed by atoms with van der Waals surface area (Å²) < 4.78 is 0. The van der Waals surface area contributed by atoms with Gasteiger partial charge in [0, 0.05) is 5.02 Å². The summed E-state index contributed by atoms with van der Waals surface area (Å²) in [6.45, 7) is 0. The Kier molecular flexibility index (Phi) is 2.46. The van der Waals surface area contributed by atoms with Gasteiger partial charge in [-0.3, -0.25) is 4.79 Å². The molecule has 1 aliphatic rings. The predicted octanol–water partition coefficient (Wildman–Crippen LogP) is 2.84. The highest BCUT2D eigenvalue weighted by Gasteiger charge is 2.24. The quantitative estimate of drug-likeness (QED) is 0.815.